The maximum atomic E-state index is 12.5. The Morgan fingerprint density at radius 3 is 2.20 bits per heavy atom. The molecule has 0 atom stereocenters. The first kappa shape index (κ1) is 16.5. The summed E-state index contributed by atoms with van der Waals surface area (Å²) in [6.45, 7) is 6.21. The van der Waals surface area contributed by atoms with Crippen molar-refractivity contribution in [3.63, 3.8) is 0 Å². The molecule has 1 aromatic rings. The molecule has 1 aromatic carbocycles. The molecule has 0 heterocycles. The Bertz CT molecular complexity index is 477. The predicted molar refractivity (Wildman–Crippen MR) is 79.1 cm³/mol. The molecule has 110 valence electrons. The number of hydrogen-bond donors (Lipinski definition) is 1. The van der Waals surface area contributed by atoms with E-state index in [2.05, 4.69) is 0 Å². The lowest BCUT2D eigenvalue weighted by atomic mass is 10.0. The van der Waals surface area contributed by atoms with Crippen molar-refractivity contribution in [3.05, 3.63) is 34.9 Å². The number of carboxylic acids is 1. The number of amides is 1. The van der Waals surface area contributed by atoms with Crippen LogP contribution in [0.3, 0.4) is 0 Å². The minimum atomic E-state index is -0.849. The molecule has 0 fully saturated rings. The number of carboxylic acid groups (broad SMARTS) is 1. The molecular formula is C15H20ClNO3. The highest BCUT2D eigenvalue weighted by Crippen LogP contribution is 2.19. The minimum absolute atomic E-state index is 0.0560. The van der Waals surface area contributed by atoms with Gasteiger partial charge in [0.1, 0.15) is 0 Å². The molecule has 0 aliphatic carbocycles. The smallest absolute Gasteiger partial charge is 0.303 e. The summed E-state index contributed by atoms with van der Waals surface area (Å²) >= 11 is 5.81. The van der Waals surface area contributed by atoms with Crippen molar-refractivity contribution >= 4 is 23.5 Å². The lowest BCUT2D eigenvalue weighted by molar-refractivity contribution is -0.137. The zero-order chi connectivity index (χ0) is 15.3. The summed E-state index contributed by atoms with van der Waals surface area (Å²) in [5.74, 6) is -0.961. The number of carbonyl (C=O) groups excluding carboxylic acids is 1. The average Bonchev–Trinajstić information content (AvgIpc) is 2.33. The van der Waals surface area contributed by atoms with Crippen LogP contribution in [-0.4, -0.2) is 34.0 Å². The number of nitrogens with zero attached hydrogens (tertiary/aromatic N) is 1. The van der Waals surface area contributed by atoms with E-state index in [1.165, 1.54) is 0 Å². The summed E-state index contributed by atoms with van der Waals surface area (Å²) in [5, 5.41) is 9.28. The summed E-state index contributed by atoms with van der Waals surface area (Å²) in [6, 6.07) is 6.71. The molecule has 1 rings (SSSR count). The third-order valence-corrected chi connectivity index (χ3v) is 3.17. The van der Waals surface area contributed by atoms with Crippen LogP contribution in [0.1, 0.15) is 44.0 Å². The van der Waals surface area contributed by atoms with E-state index < -0.39 is 5.97 Å². The Morgan fingerprint density at radius 2 is 1.75 bits per heavy atom. The van der Waals surface area contributed by atoms with Crippen LogP contribution in [0.25, 0.3) is 0 Å². The molecule has 0 aliphatic heterocycles. The van der Waals surface area contributed by atoms with Crippen LogP contribution in [0.15, 0.2) is 24.3 Å². The molecule has 0 aromatic heterocycles. The summed E-state index contributed by atoms with van der Waals surface area (Å²) in [7, 11) is 0. The molecule has 1 amide bonds. The number of carbonyl (C=O) groups is 2. The monoisotopic (exact) mass is 297 g/mol. The zero-order valence-corrected chi connectivity index (χ0v) is 12.8. The van der Waals surface area contributed by atoms with Gasteiger partial charge in [0.05, 0.1) is 0 Å². The van der Waals surface area contributed by atoms with Gasteiger partial charge in [-0.05, 0) is 51.5 Å². The van der Waals surface area contributed by atoms with E-state index >= 15 is 0 Å². The fourth-order valence-corrected chi connectivity index (χ4v) is 2.00. The number of aliphatic carboxylic acids is 1. The summed E-state index contributed by atoms with van der Waals surface area (Å²) < 4.78 is 0. The Kier molecular flexibility index (Phi) is 5.57. The molecule has 1 N–H and O–H groups in total. The van der Waals surface area contributed by atoms with E-state index in [1.54, 1.807) is 29.2 Å². The van der Waals surface area contributed by atoms with Gasteiger partial charge in [0.15, 0.2) is 0 Å². The molecule has 0 saturated heterocycles. The quantitative estimate of drug-likeness (QED) is 0.905. The lowest BCUT2D eigenvalue weighted by Gasteiger charge is -2.36. The van der Waals surface area contributed by atoms with Crippen molar-refractivity contribution in [2.75, 3.05) is 6.54 Å². The van der Waals surface area contributed by atoms with E-state index in [9.17, 15) is 9.59 Å². The van der Waals surface area contributed by atoms with Crippen LogP contribution in [0.2, 0.25) is 5.02 Å². The first-order chi connectivity index (χ1) is 9.21. The molecule has 0 bridgehead atoms. The van der Waals surface area contributed by atoms with Gasteiger partial charge in [0, 0.05) is 29.1 Å². The molecule has 5 heteroatoms. The van der Waals surface area contributed by atoms with Crippen molar-refractivity contribution in [2.24, 2.45) is 0 Å². The van der Waals surface area contributed by atoms with E-state index in [1.807, 2.05) is 20.8 Å². The van der Waals surface area contributed by atoms with Gasteiger partial charge >= 0.3 is 5.97 Å². The molecule has 0 aliphatic rings. The van der Waals surface area contributed by atoms with Gasteiger partial charge in [-0.3, -0.25) is 9.59 Å². The van der Waals surface area contributed by atoms with Gasteiger partial charge in [-0.25, -0.2) is 0 Å². The first-order valence-electron chi connectivity index (χ1n) is 6.51. The molecule has 4 nitrogen and oxygen atoms in total. The van der Waals surface area contributed by atoms with Gasteiger partial charge in [0.2, 0.25) is 0 Å². The topological polar surface area (TPSA) is 57.6 Å². The standard InChI is InChI=1S/C15H20ClNO3/c1-15(2,3)17(10-4-5-13(18)19)14(20)11-6-8-12(16)9-7-11/h6-9H,4-5,10H2,1-3H3,(H,18,19). The fourth-order valence-electron chi connectivity index (χ4n) is 1.88. The van der Waals surface area contributed by atoms with E-state index in [4.69, 9.17) is 16.7 Å². The number of hydrogen-bond acceptors (Lipinski definition) is 2. The van der Waals surface area contributed by atoms with Crippen LogP contribution in [0.4, 0.5) is 0 Å². The average molecular weight is 298 g/mol. The van der Waals surface area contributed by atoms with Crippen molar-refractivity contribution in [2.45, 2.75) is 39.2 Å². The third-order valence-electron chi connectivity index (χ3n) is 2.92. The van der Waals surface area contributed by atoms with Gasteiger partial charge in [-0.2, -0.15) is 0 Å². The lowest BCUT2D eigenvalue weighted by Crippen LogP contribution is -2.46. The van der Waals surface area contributed by atoms with Gasteiger partial charge in [-0.15, -0.1) is 0 Å². The first-order valence-corrected chi connectivity index (χ1v) is 6.89. The second-order valence-electron chi connectivity index (χ2n) is 5.63. The maximum absolute atomic E-state index is 12.5. The van der Waals surface area contributed by atoms with Crippen LogP contribution < -0.4 is 0 Å². The largest absolute Gasteiger partial charge is 0.481 e. The van der Waals surface area contributed by atoms with Gasteiger partial charge in [-0.1, -0.05) is 11.6 Å². The summed E-state index contributed by atoms with van der Waals surface area (Å²) in [6.07, 6.45) is 0.492. The van der Waals surface area contributed by atoms with Crippen LogP contribution >= 0.6 is 11.6 Å². The third kappa shape index (κ3) is 4.85. The van der Waals surface area contributed by atoms with Crippen molar-refractivity contribution in [3.8, 4) is 0 Å². The molecule has 0 saturated carbocycles. The second-order valence-corrected chi connectivity index (χ2v) is 6.07. The van der Waals surface area contributed by atoms with Crippen molar-refractivity contribution in [1.82, 2.24) is 4.90 Å². The van der Waals surface area contributed by atoms with Gasteiger partial charge in [0.25, 0.3) is 5.91 Å². The normalized spacial score (nSPS) is 11.2. The summed E-state index contributed by atoms with van der Waals surface area (Å²) in [4.78, 5) is 24.8. The minimum Gasteiger partial charge on any atom is -0.481 e. The highest BCUT2D eigenvalue weighted by Gasteiger charge is 2.27. The summed E-state index contributed by atoms with van der Waals surface area (Å²) in [5.41, 5.74) is 0.189. The molecule has 0 radical (unpaired) electrons. The van der Waals surface area contributed by atoms with Crippen LogP contribution in [0.5, 0.6) is 0 Å². The maximum Gasteiger partial charge on any atom is 0.303 e. The Morgan fingerprint density at radius 1 is 1.20 bits per heavy atom. The van der Waals surface area contributed by atoms with Crippen LogP contribution in [0, 0.1) is 0 Å². The SMILES string of the molecule is CC(C)(C)N(CCCC(=O)O)C(=O)c1ccc(Cl)cc1. The van der Waals surface area contributed by atoms with E-state index in [0.29, 0.717) is 23.6 Å². The van der Waals surface area contributed by atoms with Gasteiger partial charge < -0.3 is 10.0 Å². The molecule has 0 spiro atoms. The second kappa shape index (κ2) is 6.75. The highest BCUT2D eigenvalue weighted by atomic mass is 35.5. The Balaban J connectivity index is 2.85. The Labute approximate surface area is 124 Å². The Hall–Kier alpha value is -1.55. The highest BCUT2D eigenvalue weighted by molar-refractivity contribution is 6.30. The van der Waals surface area contributed by atoms with Crippen molar-refractivity contribution in [1.29, 1.82) is 0 Å². The zero-order valence-electron chi connectivity index (χ0n) is 12.0. The number of benzene rings is 1. The van der Waals surface area contributed by atoms with Crippen LogP contribution in [-0.2, 0) is 4.79 Å². The number of rotatable bonds is 5. The number of halogens is 1. The predicted octanol–water partition coefficient (Wildman–Crippen LogP) is 3.45. The fraction of sp³-hybridized carbons (Fsp3) is 0.467. The molecular weight excluding hydrogens is 278 g/mol. The van der Waals surface area contributed by atoms with E-state index in [-0.39, 0.29) is 17.9 Å². The van der Waals surface area contributed by atoms with Crippen molar-refractivity contribution < 1.29 is 14.7 Å². The van der Waals surface area contributed by atoms with E-state index in [0.717, 1.165) is 0 Å². The molecule has 20 heavy (non-hydrogen) atoms. The molecule has 0 unspecified atom stereocenters.